The molecule has 0 saturated carbocycles. The Balaban J connectivity index is 1.36. The summed E-state index contributed by atoms with van der Waals surface area (Å²) in [6.45, 7) is 4.69. The number of hydrogen-bond donors (Lipinski definition) is 0. The maximum Gasteiger partial charge on any atom is 0.143 e. The Labute approximate surface area is 232 Å². The minimum Gasteiger partial charge on any atom is -0.455 e. The average molecular weight is 519 g/mol. The van der Waals surface area contributed by atoms with Crippen LogP contribution in [0.3, 0.4) is 0 Å². The van der Waals surface area contributed by atoms with Crippen LogP contribution in [0.1, 0.15) is 25.0 Å². The Morgan fingerprint density at radius 1 is 0.564 bits per heavy atom. The van der Waals surface area contributed by atoms with Crippen LogP contribution < -0.4 is 0 Å². The summed E-state index contributed by atoms with van der Waals surface area (Å²) in [6.07, 6.45) is 0. The highest BCUT2D eigenvalue weighted by molar-refractivity contribution is 7.99. The Morgan fingerprint density at radius 2 is 1.26 bits per heavy atom. The zero-order chi connectivity index (χ0) is 26.1. The Kier molecular flexibility index (Phi) is 4.87. The molecule has 0 amide bonds. The van der Waals surface area contributed by atoms with E-state index in [4.69, 9.17) is 4.42 Å². The summed E-state index contributed by atoms with van der Waals surface area (Å²) >= 11 is 1.88. The highest BCUT2D eigenvalue weighted by Gasteiger charge is 2.33. The number of para-hydroxylation sites is 1. The summed E-state index contributed by atoms with van der Waals surface area (Å²) in [5.74, 6) is 0. The molecule has 1 aliphatic heterocycles. The van der Waals surface area contributed by atoms with Gasteiger partial charge in [-0.1, -0.05) is 111 Å². The van der Waals surface area contributed by atoms with Crippen LogP contribution in [0.4, 0.5) is 0 Å². The van der Waals surface area contributed by atoms with Crippen molar-refractivity contribution in [3.05, 3.63) is 132 Å². The topological polar surface area (TPSA) is 13.1 Å². The van der Waals surface area contributed by atoms with Gasteiger partial charge < -0.3 is 4.42 Å². The lowest BCUT2D eigenvalue weighted by atomic mass is 9.76. The van der Waals surface area contributed by atoms with Gasteiger partial charge in [-0.05, 0) is 75.0 Å². The first-order valence-corrected chi connectivity index (χ1v) is 14.3. The summed E-state index contributed by atoms with van der Waals surface area (Å²) < 4.78 is 6.61. The van der Waals surface area contributed by atoms with Crippen molar-refractivity contribution in [2.45, 2.75) is 29.1 Å². The molecule has 1 aliphatic rings. The zero-order valence-corrected chi connectivity index (χ0v) is 22.7. The normalized spacial score (nSPS) is 14.0. The van der Waals surface area contributed by atoms with E-state index in [9.17, 15) is 0 Å². The van der Waals surface area contributed by atoms with E-state index in [0.717, 1.165) is 22.1 Å². The predicted molar refractivity (Wildman–Crippen MR) is 165 cm³/mol. The van der Waals surface area contributed by atoms with Crippen molar-refractivity contribution in [1.29, 1.82) is 0 Å². The van der Waals surface area contributed by atoms with Crippen molar-refractivity contribution in [3.8, 4) is 22.3 Å². The van der Waals surface area contributed by atoms with Gasteiger partial charge in [0.25, 0.3) is 0 Å². The molecular weight excluding hydrogens is 492 g/mol. The van der Waals surface area contributed by atoms with Crippen LogP contribution in [-0.2, 0) is 5.41 Å². The van der Waals surface area contributed by atoms with Gasteiger partial charge in [0.1, 0.15) is 11.2 Å². The van der Waals surface area contributed by atoms with Gasteiger partial charge in [0, 0.05) is 31.5 Å². The molecule has 0 fully saturated rings. The molecule has 39 heavy (non-hydrogen) atoms. The fourth-order valence-electron chi connectivity index (χ4n) is 6.26. The first kappa shape index (κ1) is 22.7. The van der Waals surface area contributed by atoms with Crippen LogP contribution in [0.2, 0.25) is 0 Å². The van der Waals surface area contributed by atoms with E-state index in [1.165, 1.54) is 53.8 Å². The predicted octanol–water partition coefficient (Wildman–Crippen LogP) is 10.9. The second-order valence-corrected chi connectivity index (χ2v) is 12.0. The summed E-state index contributed by atoms with van der Waals surface area (Å²) in [4.78, 5) is 2.69. The molecule has 2 heteroatoms. The van der Waals surface area contributed by atoms with Gasteiger partial charge in [0.05, 0.1) is 0 Å². The molecule has 0 bridgehead atoms. The van der Waals surface area contributed by atoms with Gasteiger partial charge in [-0.15, -0.1) is 0 Å². The molecule has 186 valence electrons. The molecule has 6 aromatic carbocycles. The lowest BCUT2D eigenvalue weighted by Gasteiger charge is -2.35. The molecule has 2 heterocycles. The second-order valence-electron chi connectivity index (χ2n) is 11.0. The van der Waals surface area contributed by atoms with E-state index in [1.807, 2.05) is 11.8 Å². The van der Waals surface area contributed by atoms with Crippen molar-refractivity contribution in [2.75, 3.05) is 0 Å². The first-order chi connectivity index (χ1) is 19.1. The quantitative estimate of drug-likeness (QED) is 0.226. The van der Waals surface area contributed by atoms with E-state index >= 15 is 0 Å². The van der Waals surface area contributed by atoms with Gasteiger partial charge in [-0.2, -0.15) is 0 Å². The maximum absolute atomic E-state index is 6.61. The van der Waals surface area contributed by atoms with Crippen molar-refractivity contribution >= 4 is 44.5 Å². The third-order valence-corrected chi connectivity index (χ3v) is 9.48. The first-order valence-electron chi connectivity index (χ1n) is 13.4. The largest absolute Gasteiger partial charge is 0.455 e. The van der Waals surface area contributed by atoms with Crippen LogP contribution in [0.5, 0.6) is 0 Å². The standard InChI is InChI=1S/C37H26OS/c1-37(2)30-12-6-8-14-33(30)39-34-20-17-26(22-31(34)37)27-18-19-28(25-16-15-23-9-3-4-10-24(23)21-25)36-35(27)29-11-5-7-13-32(29)38-36/h3-22H,1-2H3. The lowest BCUT2D eigenvalue weighted by molar-refractivity contribution is 0.607. The SMILES string of the molecule is CC1(C)c2ccccc2Sc2ccc(-c3ccc(-c4ccc5ccccc5c4)c4oc5ccccc5c34)cc21. The highest BCUT2D eigenvalue weighted by Crippen LogP contribution is 2.50. The van der Waals surface area contributed by atoms with Crippen LogP contribution in [-0.4, -0.2) is 0 Å². The molecule has 1 aromatic heterocycles. The summed E-state index contributed by atoms with van der Waals surface area (Å²) in [6, 6.07) is 43.9. The lowest BCUT2D eigenvalue weighted by Crippen LogP contribution is -2.23. The van der Waals surface area contributed by atoms with Gasteiger partial charge in [-0.3, -0.25) is 0 Å². The molecule has 0 saturated heterocycles. The van der Waals surface area contributed by atoms with Gasteiger partial charge in [0.2, 0.25) is 0 Å². The molecule has 0 radical (unpaired) electrons. The van der Waals surface area contributed by atoms with Gasteiger partial charge in [0.15, 0.2) is 0 Å². The molecular formula is C37H26OS. The highest BCUT2D eigenvalue weighted by atomic mass is 32.2. The van der Waals surface area contributed by atoms with Crippen molar-refractivity contribution < 1.29 is 4.42 Å². The van der Waals surface area contributed by atoms with Crippen LogP contribution in [0.15, 0.2) is 136 Å². The third-order valence-electron chi connectivity index (χ3n) is 8.33. The molecule has 1 nitrogen and oxygen atoms in total. The number of rotatable bonds is 2. The molecule has 0 spiro atoms. The third kappa shape index (κ3) is 3.41. The van der Waals surface area contributed by atoms with Crippen LogP contribution >= 0.6 is 11.8 Å². The maximum atomic E-state index is 6.61. The minimum atomic E-state index is -0.0736. The number of fused-ring (bicyclic) bond motifs is 6. The Bertz CT molecular complexity index is 2080. The van der Waals surface area contributed by atoms with Gasteiger partial charge >= 0.3 is 0 Å². The van der Waals surface area contributed by atoms with Crippen LogP contribution in [0.25, 0.3) is 55.0 Å². The summed E-state index contributed by atoms with van der Waals surface area (Å²) in [5, 5.41) is 4.81. The molecule has 0 atom stereocenters. The summed E-state index contributed by atoms with van der Waals surface area (Å²) in [7, 11) is 0. The number of hydrogen-bond acceptors (Lipinski definition) is 2. The number of benzene rings is 6. The zero-order valence-electron chi connectivity index (χ0n) is 21.9. The van der Waals surface area contributed by atoms with E-state index in [2.05, 4.69) is 135 Å². The monoisotopic (exact) mass is 518 g/mol. The fourth-order valence-corrected chi connectivity index (χ4v) is 7.64. The fraction of sp³-hybridized carbons (Fsp3) is 0.0811. The van der Waals surface area contributed by atoms with Crippen molar-refractivity contribution in [1.82, 2.24) is 0 Å². The number of furan rings is 1. The average Bonchev–Trinajstić information content (AvgIpc) is 3.36. The van der Waals surface area contributed by atoms with E-state index < -0.39 is 0 Å². The summed E-state index contributed by atoms with van der Waals surface area (Å²) in [5.41, 5.74) is 9.29. The van der Waals surface area contributed by atoms with E-state index in [0.29, 0.717) is 0 Å². The molecule has 8 rings (SSSR count). The Hall–Kier alpha value is -4.27. The molecule has 0 aliphatic carbocycles. The van der Waals surface area contributed by atoms with Gasteiger partial charge in [-0.25, -0.2) is 0 Å². The van der Waals surface area contributed by atoms with Crippen molar-refractivity contribution in [2.24, 2.45) is 0 Å². The van der Waals surface area contributed by atoms with Crippen molar-refractivity contribution in [3.63, 3.8) is 0 Å². The Morgan fingerprint density at radius 3 is 2.18 bits per heavy atom. The molecule has 0 unspecified atom stereocenters. The second kappa shape index (κ2) is 8.36. The van der Waals surface area contributed by atoms with E-state index in [-0.39, 0.29) is 5.41 Å². The van der Waals surface area contributed by atoms with Crippen LogP contribution in [0, 0.1) is 0 Å². The molecule has 7 aromatic rings. The minimum absolute atomic E-state index is 0.0736. The smallest absolute Gasteiger partial charge is 0.143 e. The van der Waals surface area contributed by atoms with E-state index in [1.54, 1.807) is 0 Å². The molecule has 0 N–H and O–H groups in total.